The van der Waals surface area contributed by atoms with E-state index >= 15 is 0 Å². The summed E-state index contributed by atoms with van der Waals surface area (Å²) in [5.74, 6) is -3.79. The Kier molecular flexibility index (Phi) is 6.19. The fraction of sp³-hybridized carbons (Fsp3) is 0.250. The Morgan fingerprint density at radius 3 is 2.67 bits per heavy atom. The highest BCUT2D eigenvalue weighted by atomic mass is 35.5. The second-order valence-electron chi connectivity index (χ2n) is 4.13. The maximum atomic E-state index is 13.0. The number of carbonyl (C=O) groups is 1. The van der Waals surface area contributed by atoms with E-state index < -0.39 is 24.9 Å². The number of nitrogens with two attached hydrogens (primary N) is 1. The topological polar surface area (TPSA) is 55.1 Å². The standard InChI is InChI=1S/C12H10Cl2F2N2OS.ClH/c13-6-1-2-7-8(3-6)20-10(9(7)14)11(19)18-5-12(15,16)4-17;/h1-3H,4-5,17H2,(H,18,19);1H. The Morgan fingerprint density at radius 2 is 2.05 bits per heavy atom. The van der Waals surface area contributed by atoms with Gasteiger partial charge in [0.1, 0.15) is 4.88 Å². The minimum Gasteiger partial charge on any atom is -0.345 e. The molecule has 1 amide bonds. The third kappa shape index (κ3) is 4.17. The molecule has 21 heavy (non-hydrogen) atoms. The van der Waals surface area contributed by atoms with Crippen LogP contribution in [0.1, 0.15) is 9.67 Å². The van der Waals surface area contributed by atoms with Gasteiger partial charge in [-0.05, 0) is 12.1 Å². The summed E-state index contributed by atoms with van der Waals surface area (Å²) in [6.07, 6.45) is 0. The molecule has 9 heteroatoms. The summed E-state index contributed by atoms with van der Waals surface area (Å²) < 4.78 is 26.7. The normalized spacial score (nSPS) is 11.3. The molecule has 3 nitrogen and oxygen atoms in total. The van der Waals surface area contributed by atoms with Gasteiger partial charge in [-0.3, -0.25) is 4.79 Å². The molecule has 0 aliphatic heterocycles. The van der Waals surface area contributed by atoms with Gasteiger partial charge in [0, 0.05) is 15.1 Å². The van der Waals surface area contributed by atoms with E-state index in [0.29, 0.717) is 10.4 Å². The number of nitrogens with one attached hydrogen (secondary N) is 1. The summed E-state index contributed by atoms with van der Waals surface area (Å²) in [6, 6.07) is 4.99. The van der Waals surface area contributed by atoms with E-state index in [-0.39, 0.29) is 22.3 Å². The fourth-order valence-corrected chi connectivity index (χ4v) is 3.26. The number of rotatable bonds is 4. The molecule has 1 heterocycles. The summed E-state index contributed by atoms with van der Waals surface area (Å²) in [5, 5.41) is 3.54. The molecule has 2 aromatic rings. The lowest BCUT2D eigenvalue weighted by molar-refractivity contribution is 0.0119. The summed E-state index contributed by atoms with van der Waals surface area (Å²) in [7, 11) is 0. The first-order valence-electron chi connectivity index (χ1n) is 5.58. The molecule has 0 atom stereocenters. The van der Waals surface area contributed by atoms with Crippen LogP contribution in [0.15, 0.2) is 18.2 Å². The number of fused-ring (bicyclic) bond motifs is 1. The molecule has 1 aromatic heterocycles. The van der Waals surface area contributed by atoms with Crippen molar-refractivity contribution in [2.24, 2.45) is 5.73 Å². The Labute approximate surface area is 139 Å². The number of hydrogen-bond acceptors (Lipinski definition) is 3. The van der Waals surface area contributed by atoms with E-state index in [1.165, 1.54) is 0 Å². The molecular weight excluding hydrogens is 365 g/mol. The van der Waals surface area contributed by atoms with E-state index in [1.54, 1.807) is 18.2 Å². The van der Waals surface area contributed by atoms with Crippen molar-refractivity contribution in [3.05, 3.63) is 33.1 Å². The minimum absolute atomic E-state index is 0. The molecule has 0 spiro atoms. The van der Waals surface area contributed by atoms with E-state index in [2.05, 4.69) is 5.32 Å². The van der Waals surface area contributed by atoms with Crippen molar-refractivity contribution in [2.75, 3.05) is 13.1 Å². The van der Waals surface area contributed by atoms with Gasteiger partial charge in [-0.1, -0.05) is 29.3 Å². The van der Waals surface area contributed by atoms with Crippen molar-refractivity contribution >= 4 is 62.9 Å². The van der Waals surface area contributed by atoms with Crippen molar-refractivity contribution in [2.45, 2.75) is 5.92 Å². The van der Waals surface area contributed by atoms with E-state index in [4.69, 9.17) is 28.9 Å². The lowest BCUT2D eigenvalue weighted by Gasteiger charge is -2.13. The largest absolute Gasteiger partial charge is 0.345 e. The SMILES string of the molecule is Cl.NCC(F)(F)CNC(=O)c1sc2cc(Cl)ccc2c1Cl. The van der Waals surface area contributed by atoms with Crippen LogP contribution < -0.4 is 11.1 Å². The lowest BCUT2D eigenvalue weighted by Crippen LogP contribution is -2.41. The Balaban J connectivity index is 0.00000220. The number of carbonyl (C=O) groups excluding carboxylic acids is 1. The van der Waals surface area contributed by atoms with Gasteiger partial charge in [-0.2, -0.15) is 0 Å². The van der Waals surface area contributed by atoms with Crippen LogP contribution in [0.25, 0.3) is 10.1 Å². The summed E-state index contributed by atoms with van der Waals surface area (Å²) in [5.41, 5.74) is 4.90. The van der Waals surface area contributed by atoms with Crippen molar-refractivity contribution in [3.8, 4) is 0 Å². The third-order valence-corrected chi connectivity index (χ3v) is 4.49. The number of halogens is 5. The van der Waals surface area contributed by atoms with Crippen LogP contribution in [-0.4, -0.2) is 24.9 Å². The zero-order chi connectivity index (χ0) is 14.9. The highest BCUT2D eigenvalue weighted by Gasteiger charge is 2.28. The van der Waals surface area contributed by atoms with Gasteiger partial charge in [0.2, 0.25) is 0 Å². The molecule has 116 valence electrons. The number of benzene rings is 1. The monoisotopic (exact) mass is 374 g/mol. The first-order valence-corrected chi connectivity index (χ1v) is 7.15. The van der Waals surface area contributed by atoms with Crippen LogP contribution in [0.3, 0.4) is 0 Å². The first kappa shape index (κ1) is 18.4. The molecule has 2 rings (SSSR count). The molecule has 3 N–H and O–H groups in total. The zero-order valence-electron chi connectivity index (χ0n) is 10.5. The molecule has 0 unspecified atom stereocenters. The summed E-state index contributed by atoms with van der Waals surface area (Å²) in [6.45, 7) is -1.66. The molecule has 0 saturated heterocycles. The maximum absolute atomic E-state index is 13.0. The third-order valence-electron chi connectivity index (χ3n) is 2.60. The van der Waals surface area contributed by atoms with E-state index in [0.717, 1.165) is 16.0 Å². The second-order valence-corrected chi connectivity index (χ2v) is 6.00. The van der Waals surface area contributed by atoms with Gasteiger partial charge >= 0.3 is 0 Å². The van der Waals surface area contributed by atoms with Crippen LogP contribution >= 0.6 is 46.9 Å². The predicted molar refractivity (Wildman–Crippen MR) is 85.4 cm³/mol. The van der Waals surface area contributed by atoms with Crippen LogP contribution in [0, 0.1) is 0 Å². The molecule has 0 aliphatic rings. The van der Waals surface area contributed by atoms with Gasteiger partial charge in [0.25, 0.3) is 11.8 Å². The molecule has 0 radical (unpaired) electrons. The molecule has 0 aliphatic carbocycles. The summed E-state index contributed by atoms with van der Waals surface area (Å²) in [4.78, 5) is 12.1. The van der Waals surface area contributed by atoms with Gasteiger partial charge in [-0.15, -0.1) is 23.7 Å². The van der Waals surface area contributed by atoms with Gasteiger partial charge in [0.15, 0.2) is 0 Å². The van der Waals surface area contributed by atoms with Gasteiger partial charge < -0.3 is 11.1 Å². The molecule has 0 fully saturated rings. The molecular formula is C12H11Cl3F2N2OS. The molecule has 0 bridgehead atoms. The lowest BCUT2D eigenvalue weighted by atomic mass is 10.2. The maximum Gasteiger partial charge on any atom is 0.277 e. The van der Waals surface area contributed by atoms with Crippen LogP contribution in [0.5, 0.6) is 0 Å². The van der Waals surface area contributed by atoms with E-state index in [1.807, 2.05) is 0 Å². The minimum atomic E-state index is -3.14. The first-order chi connectivity index (χ1) is 9.34. The summed E-state index contributed by atoms with van der Waals surface area (Å²) >= 11 is 13.0. The Hall–Kier alpha value is -0.660. The van der Waals surface area contributed by atoms with Crippen LogP contribution in [0.2, 0.25) is 10.0 Å². The van der Waals surface area contributed by atoms with Gasteiger partial charge in [0.05, 0.1) is 18.1 Å². The second kappa shape index (κ2) is 7.07. The zero-order valence-corrected chi connectivity index (χ0v) is 13.6. The van der Waals surface area contributed by atoms with Crippen molar-refractivity contribution < 1.29 is 13.6 Å². The van der Waals surface area contributed by atoms with E-state index in [9.17, 15) is 13.6 Å². The van der Waals surface area contributed by atoms with Crippen LogP contribution in [0.4, 0.5) is 8.78 Å². The smallest absolute Gasteiger partial charge is 0.277 e. The number of alkyl halides is 2. The Bertz CT molecular complexity index is 663. The van der Waals surface area contributed by atoms with Crippen molar-refractivity contribution in [3.63, 3.8) is 0 Å². The molecule has 1 aromatic carbocycles. The number of amides is 1. The number of hydrogen-bond donors (Lipinski definition) is 2. The quantitative estimate of drug-likeness (QED) is 0.850. The fourth-order valence-electron chi connectivity index (χ4n) is 1.55. The Morgan fingerprint density at radius 1 is 1.38 bits per heavy atom. The van der Waals surface area contributed by atoms with Crippen molar-refractivity contribution in [1.82, 2.24) is 5.32 Å². The average Bonchev–Trinajstić information content (AvgIpc) is 2.73. The molecule has 0 saturated carbocycles. The highest BCUT2D eigenvalue weighted by molar-refractivity contribution is 7.21. The average molecular weight is 376 g/mol. The van der Waals surface area contributed by atoms with Crippen LogP contribution in [-0.2, 0) is 0 Å². The predicted octanol–water partition coefficient (Wildman–Crippen LogP) is 3.95. The number of thiophene rings is 1. The highest BCUT2D eigenvalue weighted by Crippen LogP contribution is 2.36. The van der Waals surface area contributed by atoms with Crippen molar-refractivity contribution in [1.29, 1.82) is 0 Å². The van der Waals surface area contributed by atoms with Gasteiger partial charge in [-0.25, -0.2) is 8.78 Å².